The van der Waals surface area contributed by atoms with Gasteiger partial charge in [0.2, 0.25) is 0 Å². The molecule has 0 radical (unpaired) electrons. The lowest BCUT2D eigenvalue weighted by molar-refractivity contribution is 0.475. The van der Waals surface area contributed by atoms with Crippen molar-refractivity contribution in [2.45, 2.75) is 6.42 Å². The fraction of sp³-hybridized carbons (Fsp3) is 0.455. The highest BCUT2D eigenvalue weighted by Crippen LogP contribution is 2.33. The van der Waals surface area contributed by atoms with Crippen LogP contribution in [0.15, 0.2) is 18.2 Å². The summed E-state index contributed by atoms with van der Waals surface area (Å²) in [5.74, 6) is 0.339. The van der Waals surface area contributed by atoms with Crippen LogP contribution in [-0.2, 0) is 0 Å². The van der Waals surface area contributed by atoms with E-state index in [-0.39, 0.29) is 0 Å². The van der Waals surface area contributed by atoms with E-state index in [9.17, 15) is 5.11 Å². The van der Waals surface area contributed by atoms with Crippen molar-refractivity contribution in [2.24, 2.45) is 0 Å². The van der Waals surface area contributed by atoms with Gasteiger partial charge < -0.3 is 14.9 Å². The van der Waals surface area contributed by atoms with Crippen LogP contribution in [0.1, 0.15) is 6.42 Å². The molecule has 0 unspecified atom stereocenters. The second-order valence-electron chi connectivity index (χ2n) is 3.87. The molecule has 0 aromatic heterocycles. The number of benzene rings is 1. The van der Waals surface area contributed by atoms with Crippen molar-refractivity contribution in [3.05, 3.63) is 18.2 Å². The Morgan fingerprint density at radius 3 is 2.43 bits per heavy atom. The fourth-order valence-electron chi connectivity index (χ4n) is 1.93. The van der Waals surface area contributed by atoms with Crippen molar-refractivity contribution in [1.82, 2.24) is 0 Å². The van der Waals surface area contributed by atoms with Crippen LogP contribution >= 0.6 is 0 Å². The van der Waals surface area contributed by atoms with Gasteiger partial charge in [-0.15, -0.1) is 0 Å². The van der Waals surface area contributed by atoms with Crippen molar-refractivity contribution in [2.75, 3.05) is 37.0 Å². The molecule has 3 nitrogen and oxygen atoms in total. The van der Waals surface area contributed by atoms with Crippen LogP contribution in [0.2, 0.25) is 0 Å². The van der Waals surface area contributed by atoms with Gasteiger partial charge in [0.05, 0.1) is 11.4 Å². The lowest BCUT2D eigenvalue weighted by atomic mass is 10.2. The first-order chi connectivity index (χ1) is 6.68. The number of nitrogens with zero attached hydrogens (tertiary/aromatic N) is 2. The Labute approximate surface area is 84.6 Å². The van der Waals surface area contributed by atoms with Crippen LogP contribution in [0.4, 0.5) is 11.4 Å². The third-order valence-electron chi connectivity index (χ3n) is 2.77. The molecule has 1 aromatic rings. The second-order valence-corrected chi connectivity index (χ2v) is 3.87. The highest BCUT2D eigenvalue weighted by atomic mass is 16.3. The average Bonchev–Trinajstić information content (AvgIpc) is 2.28. The molecule has 1 heterocycles. The summed E-state index contributed by atoms with van der Waals surface area (Å²) in [5, 5.41) is 9.44. The molecule has 1 aliphatic rings. The molecule has 3 heteroatoms. The molecule has 1 aliphatic heterocycles. The van der Waals surface area contributed by atoms with Crippen molar-refractivity contribution in [3.8, 4) is 5.75 Å². The van der Waals surface area contributed by atoms with E-state index in [1.54, 1.807) is 6.07 Å². The van der Waals surface area contributed by atoms with E-state index in [4.69, 9.17) is 0 Å². The minimum absolute atomic E-state index is 0.339. The van der Waals surface area contributed by atoms with Crippen LogP contribution in [0.3, 0.4) is 0 Å². The lowest BCUT2D eigenvalue weighted by Crippen LogP contribution is -2.17. The first kappa shape index (κ1) is 9.19. The molecular weight excluding hydrogens is 176 g/mol. The van der Waals surface area contributed by atoms with E-state index < -0.39 is 0 Å². The van der Waals surface area contributed by atoms with Gasteiger partial charge in [-0.1, -0.05) is 0 Å². The number of fused-ring (bicyclic) bond motifs is 1. The number of hydrogen-bond donors (Lipinski definition) is 1. The summed E-state index contributed by atoms with van der Waals surface area (Å²) >= 11 is 0. The Morgan fingerprint density at radius 1 is 1.07 bits per heavy atom. The summed E-state index contributed by atoms with van der Waals surface area (Å²) in [6.45, 7) is 2.11. The van der Waals surface area contributed by atoms with Gasteiger partial charge in [0.25, 0.3) is 0 Å². The van der Waals surface area contributed by atoms with E-state index >= 15 is 0 Å². The summed E-state index contributed by atoms with van der Waals surface area (Å²) in [6, 6.07) is 5.55. The first-order valence-corrected chi connectivity index (χ1v) is 4.94. The smallest absolute Gasteiger partial charge is 0.117 e. The maximum atomic E-state index is 9.44. The van der Waals surface area contributed by atoms with Gasteiger partial charge in [-0.3, -0.25) is 0 Å². The molecule has 1 N–H and O–H groups in total. The molecule has 0 bridgehead atoms. The van der Waals surface area contributed by atoms with Gasteiger partial charge in [0.15, 0.2) is 0 Å². The van der Waals surface area contributed by atoms with Crippen LogP contribution < -0.4 is 9.80 Å². The van der Waals surface area contributed by atoms with Crippen LogP contribution in [-0.4, -0.2) is 32.3 Å². The van der Waals surface area contributed by atoms with Crippen molar-refractivity contribution in [1.29, 1.82) is 0 Å². The van der Waals surface area contributed by atoms with Gasteiger partial charge in [-0.2, -0.15) is 0 Å². The molecular formula is C11H16N2O. The van der Waals surface area contributed by atoms with Gasteiger partial charge >= 0.3 is 0 Å². The molecule has 0 aliphatic carbocycles. The minimum Gasteiger partial charge on any atom is -0.508 e. The molecule has 0 fully saturated rings. The van der Waals surface area contributed by atoms with E-state index in [1.807, 2.05) is 12.1 Å². The van der Waals surface area contributed by atoms with Gasteiger partial charge in [0, 0.05) is 33.3 Å². The number of phenols is 1. The molecule has 2 rings (SSSR count). The molecule has 0 atom stereocenters. The Balaban J connectivity index is 2.48. The normalized spacial score (nSPS) is 16.4. The summed E-state index contributed by atoms with van der Waals surface area (Å²) in [7, 11) is 4.16. The first-order valence-electron chi connectivity index (χ1n) is 4.94. The number of hydrogen-bond acceptors (Lipinski definition) is 3. The Morgan fingerprint density at radius 2 is 1.71 bits per heavy atom. The van der Waals surface area contributed by atoms with Crippen molar-refractivity contribution < 1.29 is 5.11 Å². The number of phenolic OH excluding ortho intramolecular Hbond substituents is 1. The van der Waals surface area contributed by atoms with E-state index in [0.717, 1.165) is 25.2 Å². The molecule has 0 amide bonds. The molecule has 0 saturated heterocycles. The monoisotopic (exact) mass is 192 g/mol. The topological polar surface area (TPSA) is 26.7 Å². The fourth-order valence-corrected chi connectivity index (χ4v) is 1.93. The molecule has 1 aromatic carbocycles. The zero-order chi connectivity index (χ0) is 10.1. The lowest BCUT2D eigenvalue weighted by Gasteiger charge is -2.22. The Kier molecular flexibility index (Phi) is 2.23. The van der Waals surface area contributed by atoms with Crippen LogP contribution in [0.5, 0.6) is 5.75 Å². The third-order valence-corrected chi connectivity index (χ3v) is 2.77. The predicted octanol–water partition coefficient (Wildman–Crippen LogP) is 1.67. The van der Waals surface area contributed by atoms with Gasteiger partial charge in [-0.25, -0.2) is 0 Å². The zero-order valence-corrected chi connectivity index (χ0v) is 8.70. The number of aromatic hydroxyl groups is 1. The maximum Gasteiger partial charge on any atom is 0.117 e. The quantitative estimate of drug-likeness (QED) is 0.677. The summed E-state index contributed by atoms with van der Waals surface area (Å²) < 4.78 is 0. The zero-order valence-electron chi connectivity index (χ0n) is 8.70. The van der Waals surface area contributed by atoms with Gasteiger partial charge in [-0.05, 0) is 18.6 Å². The number of rotatable bonds is 0. The van der Waals surface area contributed by atoms with E-state index in [2.05, 4.69) is 23.9 Å². The average molecular weight is 192 g/mol. The van der Waals surface area contributed by atoms with Crippen molar-refractivity contribution in [3.63, 3.8) is 0 Å². The predicted molar refractivity (Wildman–Crippen MR) is 59.3 cm³/mol. The van der Waals surface area contributed by atoms with E-state index in [0.29, 0.717) is 5.75 Å². The van der Waals surface area contributed by atoms with Crippen LogP contribution in [0.25, 0.3) is 0 Å². The molecule has 0 spiro atoms. The molecule has 14 heavy (non-hydrogen) atoms. The minimum atomic E-state index is 0.339. The summed E-state index contributed by atoms with van der Waals surface area (Å²) in [6.07, 6.45) is 1.16. The maximum absolute atomic E-state index is 9.44. The molecule has 76 valence electrons. The number of anilines is 2. The Hall–Kier alpha value is -1.38. The third kappa shape index (κ3) is 1.50. The van der Waals surface area contributed by atoms with Gasteiger partial charge in [0.1, 0.15) is 5.75 Å². The summed E-state index contributed by atoms with van der Waals surface area (Å²) in [5.41, 5.74) is 2.31. The molecule has 0 saturated carbocycles. The van der Waals surface area contributed by atoms with Crippen LogP contribution in [0, 0.1) is 0 Å². The summed E-state index contributed by atoms with van der Waals surface area (Å²) in [4.78, 5) is 4.43. The van der Waals surface area contributed by atoms with E-state index in [1.165, 1.54) is 5.69 Å². The highest BCUT2D eigenvalue weighted by molar-refractivity contribution is 5.73. The van der Waals surface area contributed by atoms with Crippen molar-refractivity contribution >= 4 is 11.4 Å². The SMILES string of the molecule is CN1CCCN(C)c2cc(O)ccc21. The standard InChI is InChI=1S/C11H16N2O/c1-12-6-3-7-13(2)11-8-9(14)4-5-10(11)12/h4-5,8,14H,3,6-7H2,1-2H3. The largest absolute Gasteiger partial charge is 0.508 e. The Bertz CT molecular complexity index is 338. The highest BCUT2D eigenvalue weighted by Gasteiger charge is 2.15. The second kappa shape index (κ2) is 3.40.